The maximum atomic E-state index is 12.7. The fourth-order valence-electron chi connectivity index (χ4n) is 2.61. The van der Waals surface area contributed by atoms with Crippen molar-refractivity contribution in [2.45, 2.75) is 0 Å². The molecule has 1 amide bonds. The SMILES string of the molecule is COC(=O)c1ccc(C(=O)Nc2ccccc2-n2cccc2)cc1OC. The van der Waals surface area contributed by atoms with Gasteiger partial charge < -0.3 is 19.4 Å². The predicted octanol–water partition coefficient (Wildman–Crippen LogP) is 3.52. The first kappa shape index (κ1) is 17.3. The number of para-hydroxylation sites is 2. The van der Waals surface area contributed by atoms with Crippen LogP contribution in [0.4, 0.5) is 5.69 Å². The number of esters is 1. The summed E-state index contributed by atoms with van der Waals surface area (Å²) in [4.78, 5) is 24.4. The van der Waals surface area contributed by atoms with Gasteiger partial charge >= 0.3 is 5.97 Å². The van der Waals surface area contributed by atoms with Crippen molar-refractivity contribution in [3.63, 3.8) is 0 Å². The van der Waals surface area contributed by atoms with Crippen molar-refractivity contribution in [1.82, 2.24) is 4.57 Å². The number of anilines is 1. The normalized spacial score (nSPS) is 10.2. The van der Waals surface area contributed by atoms with Gasteiger partial charge in [-0.25, -0.2) is 4.79 Å². The van der Waals surface area contributed by atoms with E-state index in [-0.39, 0.29) is 17.2 Å². The molecule has 0 bridgehead atoms. The molecule has 0 saturated carbocycles. The molecule has 0 aliphatic carbocycles. The molecule has 0 fully saturated rings. The molecule has 3 rings (SSSR count). The van der Waals surface area contributed by atoms with Crippen LogP contribution >= 0.6 is 0 Å². The van der Waals surface area contributed by atoms with Gasteiger partial charge in [-0.1, -0.05) is 12.1 Å². The van der Waals surface area contributed by atoms with Gasteiger partial charge in [0.2, 0.25) is 0 Å². The minimum absolute atomic E-state index is 0.263. The van der Waals surface area contributed by atoms with Crippen LogP contribution in [-0.2, 0) is 4.74 Å². The molecule has 0 atom stereocenters. The van der Waals surface area contributed by atoms with E-state index in [1.54, 1.807) is 6.07 Å². The van der Waals surface area contributed by atoms with E-state index >= 15 is 0 Å². The summed E-state index contributed by atoms with van der Waals surface area (Å²) in [5.41, 5.74) is 2.16. The van der Waals surface area contributed by atoms with Gasteiger partial charge in [0.05, 0.1) is 25.6 Å². The van der Waals surface area contributed by atoms with Crippen LogP contribution in [0.1, 0.15) is 20.7 Å². The largest absolute Gasteiger partial charge is 0.496 e. The molecular weight excluding hydrogens is 332 g/mol. The number of rotatable bonds is 5. The number of ether oxygens (including phenoxy) is 2. The molecule has 26 heavy (non-hydrogen) atoms. The molecular formula is C20H18N2O4. The van der Waals surface area contributed by atoms with Gasteiger partial charge in [0.1, 0.15) is 11.3 Å². The van der Waals surface area contributed by atoms with Gasteiger partial charge in [-0.3, -0.25) is 4.79 Å². The Kier molecular flexibility index (Phi) is 5.03. The van der Waals surface area contributed by atoms with Crippen LogP contribution in [0.5, 0.6) is 5.75 Å². The average Bonchev–Trinajstić information content (AvgIpc) is 3.21. The standard InChI is InChI=1S/C20H18N2O4/c1-25-18-13-14(9-10-15(18)20(24)26-2)19(23)21-16-7-3-4-8-17(16)22-11-5-6-12-22/h3-13H,1-2H3,(H,21,23). The Morgan fingerprint density at radius 2 is 1.69 bits per heavy atom. The maximum Gasteiger partial charge on any atom is 0.341 e. The van der Waals surface area contributed by atoms with Crippen LogP contribution in [0.15, 0.2) is 67.0 Å². The number of hydrogen-bond acceptors (Lipinski definition) is 4. The Bertz CT molecular complexity index is 933. The quantitative estimate of drug-likeness (QED) is 0.715. The average molecular weight is 350 g/mol. The molecule has 132 valence electrons. The highest BCUT2D eigenvalue weighted by Crippen LogP contribution is 2.24. The molecule has 1 N–H and O–H groups in total. The van der Waals surface area contributed by atoms with Gasteiger partial charge in [-0.2, -0.15) is 0 Å². The number of benzene rings is 2. The summed E-state index contributed by atoms with van der Waals surface area (Å²) >= 11 is 0. The van der Waals surface area contributed by atoms with Crippen molar-refractivity contribution >= 4 is 17.6 Å². The minimum Gasteiger partial charge on any atom is -0.496 e. The lowest BCUT2D eigenvalue weighted by atomic mass is 10.1. The topological polar surface area (TPSA) is 69.6 Å². The van der Waals surface area contributed by atoms with Gasteiger partial charge in [0, 0.05) is 18.0 Å². The lowest BCUT2D eigenvalue weighted by Crippen LogP contribution is -2.14. The number of hydrogen-bond donors (Lipinski definition) is 1. The van der Waals surface area contributed by atoms with Crippen molar-refractivity contribution in [2.24, 2.45) is 0 Å². The van der Waals surface area contributed by atoms with Crippen molar-refractivity contribution < 1.29 is 19.1 Å². The van der Waals surface area contributed by atoms with E-state index in [0.29, 0.717) is 11.3 Å². The summed E-state index contributed by atoms with van der Waals surface area (Å²) in [6.45, 7) is 0. The van der Waals surface area contributed by atoms with E-state index < -0.39 is 5.97 Å². The molecule has 0 radical (unpaired) electrons. The Morgan fingerprint density at radius 1 is 0.962 bits per heavy atom. The zero-order valence-corrected chi connectivity index (χ0v) is 14.4. The van der Waals surface area contributed by atoms with Crippen LogP contribution in [0.2, 0.25) is 0 Å². The number of methoxy groups -OCH3 is 2. The van der Waals surface area contributed by atoms with Gasteiger partial charge in [-0.15, -0.1) is 0 Å². The first-order valence-electron chi connectivity index (χ1n) is 7.94. The number of amides is 1. The molecule has 6 heteroatoms. The van der Waals surface area contributed by atoms with Gasteiger partial charge in [0.15, 0.2) is 0 Å². The Labute approximate surface area is 151 Å². The summed E-state index contributed by atoms with van der Waals surface area (Å²) in [6.07, 6.45) is 3.80. The number of aromatic nitrogens is 1. The van der Waals surface area contributed by atoms with Crippen LogP contribution in [-0.4, -0.2) is 30.7 Å². The van der Waals surface area contributed by atoms with Crippen LogP contribution in [0.25, 0.3) is 5.69 Å². The molecule has 0 aliphatic heterocycles. The zero-order chi connectivity index (χ0) is 18.5. The first-order valence-corrected chi connectivity index (χ1v) is 7.94. The highest BCUT2D eigenvalue weighted by molar-refractivity contribution is 6.06. The van der Waals surface area contributed by atoms with E-state index in [9.17, 15) is 9.59 Å². The van der Waals surface area contributed by atoms with E-state index in [2.05, 4.69) is 5.32 Å². The van der Waals surface area contributed by atoms with E-state index in [1.807, 2.05) is 53.4 Å². The molecule has 0 unspecified atom stereocenters. The lowest BCUT2D eigenvalue weighted by Gasteiger charge is -2.13. The molecule has 0 saturated heterocycles. The second kappa shape index (κ2) is 7.57. The smallest absolute Gasteiger partial charge is 0.341 e. The molecule has 1 aromatic heterocycles. The third-order valence-corrected chi connectivity index (χ3v) is 3.90. The van der Waals surface area contributed by atoms with E-state index in [1.165, 1.54) is 26.4 Å². The van der Waals surface area contributed by atoms with Crippen molar-refractivity contribution in [3.05, 3.63) is 78.1 Å². The van der Waals surface area contributed by atoms with E-state index in [4.69, 9.17) is 9.47 Å². The van der Waals surface area contributed by atoms with Gasteiger partial charge in [-0.05, 0) is 42.5 Å². The summed E-state index contributed by atoms with van der Waals surface area (Å²) in [6, 6.07) is 15.9. The van der Waals surface area contributed by atoms with Crippen molar-refractivity contribution in [1.29, 1.82) is 0 Å². The van der Waals surface area contributed by atoms with Gasteiger partial charge in [0.25, 0.3) is 5.91 Å². The predicted molar refractivity (Wildman–Crippen MR) is 98.1 cm³/mol. The van der Waals surface area contributed by atoms with Crippen LogP contribution < -0.4 is 10.1 Å². The fourth-order valence-corrected chi connectivity index (χ4v) is 2.61. The second-order valence-electron chi connectivity index (χ2n) is 5.47. The zero-order valence-electron chi connectivity index (χ0n) is 14.4. The highest BCUT2D eigenvalue weighted by Gasteiger charge is 2.16. The molecule has 0 aliphatic rings. The number of carbonyl (C=O) groups is 2. The molecule has 3 aromatic rings. The highest BCUT2D eigenvalue weighted by atomic mass is 16.5. The van der Waals surface area contributed by atoms with Crippen molar-refractivity contribution in [3.8, 4) is 11.4 Å². The number of nitrogens with one attached hydrogen (secondary N) is 1. The second-order valence-corrected chi connectivity index (χ2v) is 5.47. The number of carbonyl (C=O) groups excluding carboxylic acids is 2. The van der Waals surface area contributed by atoms with E-state index in [0.717, 1.165) is 5.69 Å². The summed E-state index contributed by atoms with van der Waals surface area (Å²) in [5.74, 6) is -0.547. The third kappa shape index (κ3) is 3.44. The lowest BCUT2D eigenvalue weighted by molar-refractivity contribution is 0.0596. The Balaban J connectivity index is 1.89. The third-order valence-electron chi connectivity index (χ3n) is 3.90. The van der Waals surface area contributed by atoms with Crippen LogP contribution in [0.3, 0.4) is 0 Å². The molecule has 2 aromatic carbocycles. The van der Waals surface area contributed by atoms with Crippen LogP contribution in [0, 0.1) is 0 Å². The van der Waals surface area contributed by atoms with Crippen molar-refractivity contribution in [2.75, 3.05) is 19.5 Å². The first-order chi connectivity index (χ1) is 12.6. The molecule has 0 spiro atoms. The Hall–Kier alpha value is -3.54. The number of nitrogens with zero attached hydrogens (tertiary/aromatic N) is 1. The molecule has 1 heterocycles. The minimum atomic E-state index is -0.522. The summed E-state index contributed by atoms with van der Waals surface area (Å²) in [5, 5.41) is 2.90. The molecule has 6 nitrogen and oxygen atoms in total. The fraction of sp³-hybridized carbons (Fsp3) is 0.100. The Morgan fingerprint density at radius 3 is 2.38 bits per heavy atom. The summed E-state index contributed by atoms with van der Waals surface area (Å²) < 4.78 is 11.8. The monoisotopic (exact) mass is 350 g/mol. The maximum absolute atomic E-state index is 12.7. The summed E-state index contributed by atoms with van der Waals surface area (Å²) in [7, 11) is 2.73.